The summed E-state index contributed by atoms with van der Waals surface area (Å²) in [4.78, 5) is 0. The Morgan fingerprint density at radius 2 is 2.00 bits per heavy atom. The average molecular weight is 191 g/mol. The number of hydrogen-bond donors (Lipinski definition) is 0. The summed E-state index contributed by atoms with van der Waals surface area (Å²) in [6.45, 7) is 4.03. The van der Waals surface area contributed by atoms with Crippen molar-refractivity contribution < 1.29 is 0 Å². The second-order valence-corrected chi connectivity index (χ2v) is 2.05. The lowest BCUT2D eigenvalue weighted by Gasteiger charge is -1.87. The largest absolute Gasteiger partial charge is 0.273 e. The van der Waals surface area contributed by atoms with Gasteiger partial charge >= 0.3 is 0 Å². The highest BCUT2D eigenvalue weighted by molar-refractivity contribution is 8.93. The van der Waals surface area contributed by atoms with Crippen molar-refractivity contribution in [3.05, 3.63) is 17.5 Å². The molecule has 0 bridgehead atoms. The fourth-order valence-electron chi connectivity index (χ4n) is 0.740. The lowest BCUT2D eigenvalue weighted by atomic mass is 10.4. The minimum absolute atomic E-state index is 0. The molecule has 0 atom stereocenters. The number of nitrogens with zero attached hydrogens (tertiary/aromatic N) is 2. The number of aromatic nitrogens is 2. The van der Waals surface area contributed by atoms with Crippen LogP contribution in [0, 0.1) is 13.8 Å². The summed E-state index contributed by atoms with van der Waals surface area (Å²) in [6, 6.07) is 2.06. The SMILES string of the molecule is Br.Cc1cc(C)n(C)n1. The number of aryl methyl sites for hydroxylation is 3. The van der Waals surface area contributed by atoms with Crippen molar-refractivity contribution >= 4 is 17.0 Å². The van der Waals surface area contributed by atoms with Gasteiger partial charge in [0.05, 0.1) is 5.69 Å². The molecule has 1 heterocycles. The van der Waals surface area contributed by atoms with Crippen molar-refractivity contribution in [2.45, 2.75) is 13.8 Å². The highest BCUT2D eigenvalue weighted by Crippen LogP contribution is 1.96. The maximum Gasteiger partial charge on any atom is 0.0596 e. The molecular formula is C6H11BrN2. The highest BCUT2D eigenvalue weighted by atomic mass is 79.9. The van der Waals surface area contributed by atoms with E-state index in [1.54, 1.807) is 0 Å². The highest BCUT2D eigenvalue weighted by Gasteiger charge is 1.91. The zero-order valence-electron chi connectivity index (χ0n) is 5.88. The first-order valence-electron chi connectivity index (χ1n) is 2.67. The molecule has 0 aliphatic carbocycles. The first-order chi connectivity index (χ1) is 3.70. The van der Waals surface area contributed by atoms with Crippen molar-refractivity contribution in [3.63, 3.8) is 0 Å². The zero-order valence-corrected chi connectivity index (χ0v) is 7.59. The summed E-state index contributed by atoms with van der Waals surface area (Å²) >= 11 is 0. The molecule has 0 amide bonds. The average Bonchev–Trinajstić information content (AvgIpc) is 1.85. The van der Waals surface area contributed by atoms with Gasteiger partial charge in [0.25, 0.3) is 0 Å². The molecule has 0 N–H and O–H groups in total. The Morgan fingerprint density at radius 1 is 1.44 bits per heavy atom. The van der Waals surface area contributed by atoms with E-state index < -0.39 is 0 Å². The number of halogens is 1. The van der Waals surface area contributed by atoms with Crippen LogP contribution < -0.4 is 0 Å². The summed E-state index contributed by atoms with van der Waals surface area (Å²) in [7, 11) is 1.95. The Balaban J connectivity index is 0.000000640. The van der Waals surface area contributed by atoms with Crippen LogP contribution in [-0.2, 0) is 7.05 Å². The molecule has 3 heteroatoms. The predicted molar refractivity (Wildman–Crippen MR) is 43.0 cm³/mol. The lowest BCUT2D eigenvalue weighted by molar-refractivity contribution is 0.731. The van der Waals surface area contributed by atoms with Crippen LogP contribution in [0.25, 0.3) is 0 Å². The standard InChI is InChI=1S/C6H10N2.BrH/c1-5-4-6(2)8(3)7-5;/h4H,1-3H3;1H. The summed E-state index contributed by atoms with van der Waals surface area (Å²) < 4.78 is 1.87. The van der Waals surface area contributed by atoms with Gasteiger partial charge < -0.3 is 0 Å². The van der Waals surface area contributed by atoms with Crippen LogP contribution in [0.1, 0.15) is 11.4 Å². The monoisotopic (exact) mass is 190 g/mol. The van der Waals surface area contributed by atoms with Crippen LogP contribution in [0.5, 0.6) is 0 Å². The third-order valence-corrected chi connectivity index (χ3v) is 1.24. The van der Waals surface area contributed by atoms with E-state index >= 15 is 0 Å². The Bertz CT molecular complexity index is 173. The van der Waals surface area contributed by atoms with Gasteiger partial charge in [0, 0.05) is 12.7 Å². The first kappa shape index (κ1) is 8.69. The normalized spacial score (nSPS) is 8.78. The molecule has 52 valence electrons. The smallest absolute Gasteiger partial charge is 0.0596 e. The van der Waals surface area contributed by atoms with Gasteiger partial charge in [-0.05, 0) is 19.9 Å². The molecule has 2 nitrogen and oxygen atoms in total. The van der Waals surface area contributed by atoms with E-state index in [1.807, 2.05) is 25.6 Å². The van der Waals surface area contributed by atoms with Crippen LogP contribution in [-0.4, -0.2) is 9.78 Å². The van der Waals surface area contributed by atoms with Gasteiger partial charge in [0.1, 0.15) is 0 Å². The molecule has 1 rings (SSSR count). The molecule has 1 aromatic heterocycles. The topological polar surface area (TPSA) is 17.8 Å². The Labute approximate surface area is 65.6 Å². The van der Waals surface area contributed by atoms with Crippen molar-refractivity contribution in [1.29, 1.82) is 0 Å². The molecule has 0 radical (unpaired) electrons. The molecule has 0 unspecified atom stereocenters. The second-order valence-electron chi connectivity index (χ2n) is 2.05. The minimum Gasteiger partial charge on any atom is -0.273 e. The van der Waals surface area contributed by atoms with E-state index in [0.29, 0.717) is 0 Å². The second kappa shape index (κ2) is 3.01. The van der Waals surface area contributed by atoms with Crippen LogP contribution in [0.2, 0.25) is 0 Å². The maximum atomic E-state index is 4.13. The molecule has 0 aromatic carbocycles. The summed E-state index contributed by atoms with van der Waals surface area (Å²) in [5.41, 5.74) is 2.30. The van der Waals surface area contributed by atoms with Crippen LogP contribution >= 0.6 is 17.0 Å². The Morgan fingerprint density at radius 3 is 2.11 bits per heavy atom. The first-order valence-corrected chi connectivity index (χ1v) is 2.67. The van der Waals surface area contributed by atoms with E-state index in [4.69, 9.17) is 0 Å². The van der Waals surface area contributed by atoms with Crippen LogP contribution in [0.15, 0.2) is 6.07 Å². The van der Waals surface area contributed by atoms with Gasteiger partial charge in [-0.25, -0.2) is 0 Å². The number of rotatable bonds is 0. The van der Waals surface area contributed by atoms with Crippen molar-refractivity contribution in [1.82, 2.24) is 9.78 Å². The molecule has 1 aromatic rings. The van der Waals surface area contributed by atoms with Gasteiger partial charge in [0.15, 0.2) is 0 Å². The Hall–Kier alpha value is -0.310. The fourth-order valence-corrected chi connectivity index (χ4v) is 0.740. The van der Waals surface area contributed by atoms with Gasteiger partial charge in [-0.1, -0.05) is 0 Å². The zero-order chi connectivity index (χ0) is 6.15. The van der Waals surface area contributed by atoms with E-state index in [9.17, 15) is 0 Å². The van der Waals surface area contributed by atoms with Gasteiger partial charge in [-0.15, -0.1) is 17.0 Å². The van der Waals surface area contributed by atoms with E-state index in [0.717, 1.165) is 5.69 Å². The predicted octanol–water partition coefficient (Wildman–Crippen LogP) is 1.61. The summed E-state index contributed by atoms with van der Waals surface area (Å²) in [6.07, 6.45) is 0. The third kappa shape index (κ3) is 1.82. The lowest BCUT2D eigenvalue weighted by Crippen LogP contribution is -1.91. The summed E-state index contributed by atoms with van der Waals surface area (Å²) in [5, 5.41) is 4.13. The third-order valence-electron chi connectivity index (χ3n) is 1.24. The Kier molecular flexibility index (Phi) is 2.91. The van der Waals surface area contributed by atoms with E-state index in [2.05, 4.69) is 11.2 Å². The fraction of sp³-hybridized carbons (Fsp3) is 0.500. The van der Waals surface area contributed by atoms with Crippen molar-refractivity contribution in [3.8, 4) is 0 Å². The molecule has 0 aliphatic heterocycles. The maximum absolute atomic E-state index is 4.13. The van der Waals surface area contributed by atoms with E-state index in [-0.39, 0.29) is 17.0 Å². The van der Waals surface area contributed by atoms with Crippen molar-refractivity contribution in [2.24, 2.45) is 7.05 Å². The molecule has 9 heavy (non-hydrogen) atoms. The van der Waals surface area contributed by atoms with Crippen LogP contribution in [0.3, 0.4) is 0 Å². The van der Waals surface area contributed by atoms with Crippen LogP contribution in [0.4, 0.5) is 0 Å². The van der Waals surface area contributed by atoms with Gasteiger partial charge in [0.2, 0.25) is 0 Å². The van der Waals surface area contributed by atoms with E-state index in [1.165, 1.54) is 5.69 Å². The molecule has 0 saturated carbocycles. The molecule has 0 aliphatic rings. The summed E-state index contributed by atoms with van der Waals surface area (Å²) in [5.74, 6) is 0. The minimum atomic E-state index is 0. The molecule has 0 fully saturated rings. The molecule has 0 spiro atoms. The molecule has 0 saturated heterocycles. The molecular weight excluding hydrogens is 180 g/mol. The van der Waals surface area contributed by atoms with Crippen molar-refractivity contribution in [2.75, 3.05) is 0 Å². The van der Waals surface area contributed by atoms with Gasteiger partial charge in [-0.2, -0.15) is 5.10 Å². The number of hydrogen-bond acceptors (Lipinski definition) is 1. The van der Waals surface area contributed by atoms with Gasteiger partial charge in [-0.3, -0.25) is 4.68 Å². The quantitative estimate of drug-likeness (QED) is 0.609.